The number of aromatic hydroxyl groups is 1. The summed E-state index contributed by atoms with van der Waals surface area (Å²) in [6, 6.07) is 16.9. The zero-order valence-corrected chi connectivity index (χ0v) is 24.6. The molecule has 4 atom stereocenters. The Balaban J connectivity index is 1.17. The lowest BCUT2D eigenvalue weighted by atomic mass is 9.59. The van der Waals surface area contributed by atoms with E-state index in [2.05, 4.69) is 33.0 Å². The van der Waals surface area contributed by atoms with Gasteiger partial charge < -0.3 is 5.11 Å². The number of benzene rings is 2. The van der Waals surface area contributed by atoms with Gasteiger partial charge in [0.25, 0.3) is 0 Å². The number of carbonyl (C=O) groups is 4. The van der Waals surface area contributed by atoms with Gasteiger partial charge in [-0.05, 0) is 70.8 Å². The Morgan fingerprint density at radius 1 is 0.881 bits per heavy atom. The summed E-state index contributed by atoms with van der Waals surface area (Å²) < 4.78 is 0.216. The first-order chi connectivity index (χ1) is 20.3. The molecule has 2 saturated heterocycles. The van der Waals surface area contributed by atoms with Gasteiger partial charge in [-0.15, -0.1) is 0 Å². The van der Waals surface area contributed by atoms with Gasteiger partial charge in [-0.1, -0.05) is 54.1 Å². The summed E-state index contributed by atoms with van der Waals surface area (Å²) in [4.78, 5) is 58.6. The van der Waals surface area contributed by atoms with Crippen LogP contribution < -0.4 is 0 Å². The number of Topliss-reactive ketones (excluding diaryl/α,β-unsaturated/α-hetero) is 1. The molecule has 42 heavy (non-hydrogen) atoms. The standard InChI is InChI=1S/C34H31BrN2O5/c35-27-17-28(39)31-26(32(27)40)16-25-23(29(31)20-6-8-22(38)9-7-20)10-11-24-30(25)34(42)37(33(24)41)21-12-14-36(15-13-21)18-19-4-2-1-3-5-19/h1-10,17,21,24-25,29-30,38H,11-16,18H2/t24-,25+,29-,30-/m0/s1. The number of hydrogen-bond acceptors (Lipinski definition) is 6. The molecule has 0 aromatic heterocycles. The molecule has 3 aliphatic carbocycles. The molecule has 2 heterocycles. The van der Waals surface area contributed by atoms with E-state index in [-0.39, 0.29) is 52.0 Å². The Kier molecular flexibility index (Phi) is 6.86. The van der Waals surface area contributed by atoms with Crippen LogP contribution in [0.15, 0.2) is 88.0 Å². The molecular weight excluding hydrogens is 596 g/mol. The molecule has 2 amide bonds. The van der Waals surface area contributed by atoms with Crippen molar-refractivity contribution in [2.45, 2.75) is 44.2 Å². The highest BCUT2D eigenvalue weighted by molar-refractivity contribution is 9.12. The van der Waals surface area contributed by atoms with Crippen LogP contribution in [-0.4, -0.2) is 57.4 Å². The second kappa shape index (κ2) is 10.6. The maximum Gasteiger partial charge on any atom is 0.233 e. The molecule has 0 unspecified atom stereocenters. The predicted octanol–water partition coefficient (Wildman–Crippen LogP) is 4.82. The molecule has 2 aromatic carbocycles. The van der Waals surface area contributed by atoms with Gasteiger partial charge in [-0.3, -0.25) is 29.0 Å². The third-order valence-electron chi connectivity index (χ3n) is 9.76. The number of imide groups is 1. The van der Waals surface area contributed by atoms with Crippen LogP contribution in [0.25, 0.3) is 0 Å². The second-order valence-corrected chi connectivity index (χ2v) is 12.9. The number of fused-ring (bicyclic) bond motifs is 3. The van der Waals surface area contributed by atoms with E-state index >= 15 is 0 Å². The third kappa shape index (κ3) is 4.43. The molecule has 0 radical (unpaired) electrons. The van der Waals surface area contributed by atoms with E-state index in [1.54, 1.807) is 29.2 Å². The minimum Gasteiger partial charge on any atom is -0.508 e. The molecule has 0 saturated carbocycles. The number of phenols is 1. The molecule has 7 rings (SSSR count). The first kappa shape index (κ1) is 27.2. The van der Waals surface area contributed by atoms with Crippen LogP contribution in [0.2, 0.25) is 0 Å². The molecule has 0 spiro atoms. The van der Waals surface area contributed by atoms with Gasteiger partial charge in [0.15, 0.2) is 11.6 Å². The highest BCUT2D eigenvalue weighted by atomic mass is 79.9. The molecular formula is C34H31BrN2O5. The summed E-state index contributed by atoms with van der Waals surface area (Å²) in [6.07, 6.45) is 5.54. The van der Waals surface area contributed by atoms with Gasteiger partial charge in [-0.2, -0.15) is 0 Å². The van der Waals surface area contributed by atoms with Crippen LogP contribution in [-0.2, 0) is 25.7 Å². The molecule has 2 aromatic rings. The van der Waals surface area contributed by atoms with E-state index in [1.807, 2.05) is 24.3 Å². The van der Waals surface area contributed by atoms with E-state index in [4.69, 9.17) is 0 Å². The minimum atomic E-state index is -0.555. The number of halogens is 1. The number of amides is 2. The molecule has 5 aliphatic rings. The smallest absolute Gasteiger partial charge is 0.233 e. The maximum absolute atomic E-state index is 14.2. The van der Waals surface area contributed by atoms with E-state index < -0.39 is 17.8 Å². The van der Waals surface area contributed by atoms with Crippen LogP contribution in [0, 0.1) is 17.8 Å². The Morgan fingerprint density at radius 3 is 2.31 bits per heavy atom. The SMILES string of the molecule is O=C1C=C(Br)C(=O)C2=C1[C@@H](c1ccc(O)cc1)C1=CC[C@@H]3C(=O)N(C4CCN(Cc5ccccc5)CC4)C(=O)[C@@H]3[C@@H]1C2. The molecule has 2 fully saturated rings. The Hall–Kier alpha value is -3.62. The fraction of sp³-hybridized carbons (Fsp3) is 0.353. The quantitative estimate of drug-likeness (QED) is 0.297. The summed E-state index contributed by atoms with van der Waals surface area (Å²) in [5.74, 6) is -2.47. The first-order valence-electron chi connectivity index (χ1n) is 14.6. The number of piperidine rings is 1. The van der Waals surface area contributed by atoms with Crippen molar-refractivity contribution in [2.75, 3.05) is 13.1 Å². The van der Waals surface area contributed by atoms with Crippen molar-refractivity contribution < 1.29 is 24.3 Å². The average molecular weight is 628 g/mol. The molecule has 7 nitrogen and oxygen atoms in total. The van der Waals surface area contributed by atoms with Crippen molar-refractivity contribution in [2.24, 2.45) is 17.8 Å². The lowest BCUT2D eigenvalue weighted by Gasteiger charge is -2.42. The number of phenolic OH excluding ortho intramolecular Hbond substituents is 1. The van der Waals surface area contributed by atoms with E-state index in [0.717, 1.165) is 43.6 Å². The van der Waals surface area contributed by atoms with E-state index in [1.165, 1.54) is 11.6 Å². The monoisotopic (exact) mass is 626 g/mol. The Bertz CT molecular complexity index is 1580. The Morgan fingerprint density at radius 2 is 1.60 bits per heavy atom. The van der Waals surface area contributed by atoms with Crippen molar-refractivity contribution in [3.05, 3.63) is 99.1 Å². The van der Waals surface area contributed by atoms with Crippen molar-refractivity contribution in [3.8, 4) is 5.75 Å². The van der Waals surface area contributed by atoms with Crippen LogP contribution in [0.5, 0.6) is 5.75 Å². The highest BCUT2D eigenvalue weighted by Crippen LogP contribution is 2.55. The number of rotatable bonds is 4. The van der Waals surface area contributed by atoms with Crippen molar-refractivity contribution in [1.82, 2.24) is 9.80 Å². The molecule has 2 aliphatic heterocycles. The van der Waals surface area contributed by atoms with Crippen LogP contribution in [0.4, 0.5) is 0 Å². The van der Waals surface area contributed by atoms with Gasteiger partial charge in [0.2, 0.25) is 11.8 Å². The predicted molar refractivity (Wildman–Crippen MR) is 159 cm³/mol. The normalized spacial score (nSPS) is 28.4. The summed E-state index contributed by atoms with van der Waals surface area (Å²) in [6.45, 7) is 2.48. The second-order valence-electron chi connectivity index (χ2n) is 12.0. The average Bonchev–Trinajstić information content (AvgIpc) is 3.26. The van der Waals surface area contributed by atoms with Gasteiger partial charge in [0, 0.05) is 48.8 Å². The minimum absolute atomic E-state index is 0.102. The highest BCUT2D eigenvalue weighted by Gasteiger charge is 2.57. The largest absolute Gasteiger partial charge is 0.508 e. The lowest BCUT2D eigenvalue weighted by molar-refractivity contribution is -0.144. The zero-order chi connectivity index (χ0) is 29.1. The number of allylic oxidation sites excluding steroid dienone is 6. The number of carbonyl (C=O) groups excluding carboxylic acids is 4. The zero-order valence-electron chi connectivity index (χ0n) is 23.0. The number of hydrogen-bond donors (Lipinski definition) is 1. The van der Waals surface area contributed by atoms with E-state index in [0.29, 0.717) is 17.6 Å². The van der Waals surface area contributed by atoms with Gasteiger partial charge in [-0.25, -0.2) is 0 Å². The third-order valence-corrected chi connectivity index (χ3v) is 10.4. The Labute approximate surface area is 252 Å². The van der Waals surface area contributed by atoms with Gasteiger partial charge in [0.1, 0.15) is 5.75 Å². The number of ketones is 2. The maximum atomic E-state index is 14.2. The van der Waals surface area contributed by atoms with Crippen molar-refractivity contribution >= 4 is 39.3 Å². The summed E-state index contributed by atoms with van der Waals surface area (Å²) in [7, 11) is 0. The fourth-order valence-corrected chi connectivity index (χ4v) is 8.26. The van der Waals surface area contributed by atoms with E-state index in [9.17, 15) is 24.3 Å². The summed E-state index contributed by atoms with van der Waals surface area (Å²) in [5, 5.41) is 9.92. The molecule has 0 bridgehead atoms. The van der Waals surface area contributed by atoms with Crippen molar-refractivity contribution in [1.29, 1.82) is 0 Å². The fourth-order valence-electron chi connectivity index (χ4n) is 7.81. The topological polar surface area (TPSA) is 95.0 Å². The molecule has 1 N–H and O–H groups in total. The van der Waals surface area contributed by atoms with Crippen LogP contribution in [0.3, 0.4) is 0 Å². The number of nitrogens with zero attached hydrogens (tertiary/aromatic N) is 2. The van der Waals surface area contributed by atoms with Crippen LogP contribution >= 0.6 is 15.9 Å². The lowest BCUT2D eigenvalue weighted by Crippen LogP contribution is -2.47. The van der Waals surface area contributed by atoms with Gasteiger partial charge in [0.05, 0.1) is 16.3 Å². The molecule has 214 valence electrons. The van der Waals surface area contributed by atoms with Gasteiger partial charge >= 0.3 is 0 Å². The number of likely N-dealkylation sites (tertiary alicyclic amines) is 2. The summed E-state index contributed by atoms with van der Waals surface area (Å²) in [5.41, 5.74) is 3.81. The molecule has 8 heteroatoms. The van der Waals surface area contributed by atoms with Crippen LogP contribution in [0.1, 0.15) is 42.7 Å². The van der Waals surface area contributed by atoms with Crippen molar-refractivity contribution in [3.63, 3.8) is 0 Å². The first-order valence-corrected chi connectivity index (χ1v) is 15.4. The summed E-state index contributed by atoms with van der Waals surface area (Å²) >= 11 is 3.27.